The van der Waals surface area contributed by atoms with Crippen LogP contribution in [0.3, 0.4) is 0 Å². The molecule has 1 aromatic carbocycles. The molecule has 3 aliphatic heterocycles. The molecule has 104 valence electrons. The lowest BCUT2D eigenvalue weighted by Crippen LogP contribution is -2.64. The van der Waals surface area contributed by atoms with Crippen LogP contribution in [0, 0.1) is 0 Å². The van der Waals surface area contributed by atoms with Crippen molar-refractivity contribution in [2.24, 2.45) is 0 Å². The van der Waals surface area contributed by atoms with Crippen molar-refractivity contribution in [2.75, 3.05) is 5.32 Å². The number of hydrogen-bond acceptors (Lipinski definition) is 3. The number of rotatable bonds is 0. The number of para-hydroxylation sites is 1. The Kier molecular flexibility index (Phi) is 2.20. The summed E-state index contributed by atoms with van der Waals surface area (Å²) in [5.74, 6) is 0.0553. The first-order valence-corrected chi connectivity index (χ1v) is 7.09. The van der Waals surface area contributed by atoms with Gasteiger partial charge in [-0.3, -0.25) is 9.59 Å². The third-order valence-corrected chi connectivity index (χ3v) is 4.86. The Hall–Kier alpha value is -2.04. The molecule has 3 atom stereocenters. The van der Waals surface area contributed by atoms with Gasteiger partial charge in [-0.25, -0.2) is 0 Å². The van der Waals surface area contributed by atoms with Gasteiger partial charge in [-0.15, -0.1) is 0 Å². The number of hydrogen-bond donors (Lipinski definition) is 2. The van der Waals surface area contributed by atoms with E-state index in [1.807, 2.05) is 29.2 Å². The lowest BCUT2D eigenvalue weighted by molar-refractivity contribution is -0.130. The monoisotopic (exact) mass is 271 g/mol. The number of amides is 2. The molecule has 0 unspecified atom stereocenters. The second-order valence-corrected chi connectivity index (χ2v) is 5.97. The lowest BCUT2D eigenvalue weighted by atomic mass is 9.86. The molecule has 1 spiro atoms. The molecule has 2 bridgehead atoms. The van der Waals surface area contributed by atoms with Crippen molar-refractivity contribution in [2.45, 2.75) is 43.9 Å². The predicted molar refractivity (Wildman–Crippen MR) is 74.2 cm³/mol. The van der Waals surface area contributed by atoms with Crippen molar-refractivity contribution in [3.63, 3.8) is 0 Å². The Balaban J connectivity index is 1.75. The molecular formula is C15H17N3O2. The highest BCUT2D eigenvalue weighted by Gasteiger charge is 2.59. The molecule has 0 saturated carbocycles. The summed E-state index contributed by atoms with van der Waals surface area (Å²) in [5, 5.41) is 6.61. The van der Waals surface area contributed by atoms with Crippen molar-refractivity contribution in [1.82, 2.24) is 10.2 Å². The van der Waals surface area contributed by atoms with Crippen molar-refractivity contribution in [3.8, 4) is 0 Å². The van der Waals surface area contributed by atoms with Crippen LogP contribution in [0.5, 0.6) is 0 Å². The van der Waals surface area contributed by atoms with Crippen LogP contribution in [0.4, 0.5) is 5.69 Å². The summed E-state index contributed by atoms with van der Waals surface area (Å²) in [4.78, 5) is 26.1. The molecule has 0 aliphatic carbocycles. The molecule has 20 heavy (non-hydrogen) atoms. The molecule has 0 aromatic heterocycles. The lowest BCUT2D eigenvalue weighted by Gasteiger charge is -2.42. The fourth-order valence-electron chi connectivity index (χ4n) is 4.15. The Morgan fingerprint density at radius 1 is 1.30 bits per heavy atom. The Labute approximate surface area is 117 Å². The average Bonchev–Trinajstić information content (AvgIpc) is 2.94. The molecule has 5 nitrogen and oxygen atoms in total. The summed E-state index contributed by atoms with van der Waals surface area (Å²) in [6.07, 6.45) is 2.77. The summed E-state index contributed by atoms with van der Waals surface area (Å²) in [5.41, 5.74) is 1.06. The molecule has 3 aliphatic rings. The maximum atomic E-state index is 12.3. The molecule has 4 rings (SSSR count). The van der Waals surface area contributed by atoms with Crippen LogP contribution in [-0.2, 0) is 4.79 Å². The number of carbonyl (C=O) groups excluding carboxylic acids is 2. The first kappa shape index (κ1) is 11.8. The van der Waals surface area contributed by atoms with Crippen molar-refractivity contribution in [3.05, 3.63) is 29.8 Å². The van der Waals surface area contributed by atoms with Crippen LogP contribution >= 0.6 is 0 Å². The average molecular weight is 271 g/mol. The van der Waals surface area contributed by atoms with E-state index in [1.165, 1.54) is 0 Å². The van der Waals surface area contributed by atoms with Crippen molar-refractivity contribution >= 4 is 17.5 Å². The maximum Gasteiger partial charge on any atom is 0.255 e. The second-order valence-electron chi connectivity index (χ2n) is 5.97. The van der Waals surface area contributed by atoms with E-state index < -0.39 is 5.66 Å². The standard InChI is InChI=1S/C15H17N3O2/c1-9(19)18-10-6-7-13(18)15(8-10)16-12-5-3-2-4-11(12)14(20)17-15/h2-5,10,13,16H,6-8H2,1H3,(H,17,20)/t10-,13-,15+/m0/s1. The summed E-state index contributed by atoms with van der Waals surface area (Å²) in [7, 11) is 0. The Morgan fingerprint density at radius 2 is 2.10 bits per heavy atom. The van der Waals surface area contributed by atoms with Gasteiger partial charge in [0.15, 0.2) is 0 Å². The molecule has 0 radical (unpaired) electrons. The first-order chi connectivity index (χ1) is 9.61. The van der Waals surface area contributed by atoms with Crippen molar-refractivity contribution in [1.29, 1.82) is 0 Å². The van der Waals surface area contributed by atoms with Gasteiger partial charge < -0.3 is 15.5 Å². The van der Waals surface area contributed by atoms with Gasteiger partial charge in [-0.1, -0.05) is 12.1 Å². The maximum absolute atomic E-state index is 12.3. The number of carbonyl (C=O) groups is 2. The normalized spacial score (nSPS) is 33.9. The summed E-state index contributed by atoms with van der Waals surface area (Å²) in [6, 6.07) is 7.84. The van der Waals surface area contributed by atoms with E-state index in [4.69, 9.17) is 0 Å². The number of nitrogens with one attached hydrogen (secondary N) is 2. The molecule has 3 heterocycles. The van der Waals surface area contributed by atoms with E-state index in [0.29, 0.717) is 5.56 Å². The second kappa shape index (κ2) is 3.75. The minimum atomic E-state index is -0.486. The van der Waals surface area contributed by atoms with Crippen LogP contribution in [0.1, 0.15) is 36.5 Å². The minimum absolute atomic E-state index is 0.0459. The molecule has 2 fully saturated rings. The van der Waals surface area contributed by atoms with Crippen LogP contribution in [-0.4, -0.2) is 34.5 Å². The largest absolute Gasteiger partial charge is 0.360 e. The molecule has 2 saturated heterocycles. The van der Waals surface area contributed by atoms with Gasteiger partial charge in [0.25, 0.3) is 5.91 Å². The van der Waals surface area contributed by atoms with Crippen molar-refractivity contribution < 1.29 is 9.59 Å². The highest BCUT2D eigenvalue weighted by Crippen LogP contribution is 2.46. The zero-order valence-corrected chi connectivity index (χ0v) is 11.3. The van der Waals surface area contributed by atoms with E-state index >= 15 is 0 Å². The van der Waals surface area contributed by atoms with Gasteiger partial charge in [0, 0.05) is 25.1 Å². The predicted octanol–water partition coefficient (Wildman–Crippen LogP) is 1.32. The van der Waals surface area contributed by atoms with E-state index in [-0.39, 0.29) is 23.9 Å². The summed E-state index contributed by atoms with van der Waals surface area (Å²) >= 11 is 0. The van der Waals surface area contributed by atoms with Crippen LogP contribution in [0.2, 0.25) is 0 Å². The minimum Gasteiger partial charge on any atom is -0.360 e. The van der Waals surface area contributed by atoms with Crippen LogP contribution in [0.25, 0.3) is 0 Å². The molecule has 1 aromatic rings. The zero-order valence-electron chi connectivity index (χ0n) is 11.3. The molecule has 2 amide bonds. The van der Waals surface area contributed by atoms with Gasteiger partial charge >= 0.3 is 0 Å². The molecule has 5 heteroatoms. The SMILES string of the molecule is CC(=O)N1[C@H]2CC[C@H]1[C@@]1(C2)NC(=O)c2ccccc2N1. The highest BCUT2D eigenvalue weighted by atomic mass is 16.2. The van der Waals surface area contributed by atoms with Gasteiger partial charge in [-0.05, 0) is 25.0 Å². The Morgan fingerprint density at radius 3 is 2.85 bits per heavy atom. The first-order valence-electron chi connectivity index (χ1n) is 7.09. The third-order valence-electron chi connectivity index (χ3n) is 4.86. The summed E-state index contributed by atoms with van der Waals surface area (Å²) < 4.78 is 0. The number of nitrogens with zero attached hydrogens (tertiary/aromatic N) is 1. The van der Waals surface area contributed by atoms with Gasteiger partial charge in [0.05, 0.1) is 11.6 Å². The molecular weight excluding hydrogens is 254 g/mol. The summed E-state index contributed by atoms with van der Waals surface area (Å²) in [6.45, 7) is 1.61. The highest BCUT2D eigenvalue weighted by molar-refractivity contribution is 6.02. The van der Waals surface area contributed by atoms with E-state index in [0.717, 1.165) is 24.9 Å². The fourth-order valence-corrected chi connectivity index (χ4v) is 4.15. The third kappa shape index (κ3) is 1.38. The van der Waals surface area contributed by atoms with Gasteiger partial charge in [0.1, 0.15) is 5.66 Å². The zero-order chi connectivity index (χ0) is 13.9. The van der Waals surface area contributed by atoms with Crippen LogP contribution < -0.4 is 10.6 Å². The molecule has 2 N–H and O–H groups in total. The van der Waals surface area contributed by atoms with Crippen LogP contribution in [0.15, 0.2) is 24.3 Å². The fraction of sp³-hybridized carbons (Fsp3) is 0.467. The smallest absolute Gasteiger partial charge is 0.255 e. The Bertz CT molecular complexity index is 615. The van der Waals surface area contributed by atoms with E-state index in [9.17, 15) is 9.59 Å². The van der Waals surface area contributed by atoms with E-state index in [1.54, 1.807) is 6.92 Å². The topological polar surface area (TPSA) is 61.4 Å². The number of fused-ring (bicyclic) bond motifs is 4. The number of anilines is 1. The quantitative estimate of drug-likeness (QED) is 0.748. The van der Waals surface area contributed by atoms with Gasteiger partial charge in [-0.2, -0.15) is 0 Å². The number of benzene rings is 1. The van der Waals surface area contributed by atoms with E-state index in [2.05, 4.69) is 10.6 Å². The van der Waals surface area contributed by atoms with Gasteiger partial charge in [0.2, 0.25) is 5.91 Å².